The van der Waals surface area contributed by atoms with Crippen molar-refractivity contribution >= 4 is 5.97 Å². The zero-order valence-corrected chi connectivity index (χ0v) is 11.7. The minimum absolute atomic E-state index is 0.130. The van der Waals surface area contributed by atoms with E-state index in [-0.39, 0.29) is 6.54 Å². The van der Waals surface area contributed by atoms with Crippen LogP contribution in [-0.4, -0.2) is 29.1 Å². The Morgan fingerprint density at radius 2 is 2.00 bits per heavy atom. The molecule has 1 N–H and O–H groups in total. The first-order valence-corrected chi connectivity index (χ1v) is 7.24. The highest BCUT2D eigenvalue weighted by atomic mass is 16.4. The van der Waals surface area contributed by atoms with E-state index in [2.05, 4.69) is 25.1 Å². The fraction of sp³-hybridized carbons (Fsp3) is 0.562. The Balaban J connectivity index is 2.05. The number of benzene rings is 1. The second-order valence-electron chi connectivity index (χ2n) is 5.41. The van der Waals surface area contributed by atoms with Crippen LogP contribution in [0.5, 0.6) is 0 Å². The van der Waals surface area contributed by atoms with E-state index in [1.807, 2.05) is 4.90 Å². The predicted molar refractivity (Wildman–Crippen MR) is 76.3 cm³/mol. The summed E-state index contributed by atoms with van der Waals surface area (Å²) in [7, 11) is 0. The molecule has 0 radical (unpaired) electrons. The van der Waals surface area contributed by atoms with Crippen molar-refractivity contribution in [2.45, 2.75) is 45.6 Å². The molecule has 0 unspecified atom stereocenters. The number of rotatable bonds is 6. The number of aliphatic carboxylic acids is 1. The molecule has 104 valence electrons. The van der Waals surface area contributed by atoms with Gasteiger partial charge in [0.2, 0.25) is 0 Å². The molecule has 1 aliphatic carbocycles. The first kappa shape index (κ1) is 14.1. The SMILES string of the molecule is CCCN(CC(=O)O)Cc1ccc2c(c1)CCCC2. The summed E-state index contributed by atoms with van der Waals surface area (Å²) in [4.78, 5) is 12.9. The van der Waals surface area contributed by atoms with Crippen molar-refractivity contribution in [3.05, 3.63) is 34.9 Å². The largest absolute Gasteiger partial charge is 0.480 e. The minimum atomic E-state index is -0.744. The zero-order chi connectivity index (χ0) is 13.7. The van der Waals surface area contributed by atoms with Crippen LogP contribution in [0.15, 0.2) is 18.2 Å². The van der Waals surface area contributed by atoms with Gasteiger partial charge in [0.15, 0.2) is 0 Å². The molecule has 3 heteroatoms. The van der Waals surface area contributed by atoms with Gasteiger partial charge in [0, 0.05) is 6.54 Å². The Kier molecular flexibility index (Phi) is 4.97. The Morgan fingerprint density at radius 1 is 1.26 bits per heavy atom. The van der Waals surface area contributed by atoms with Crippen LogP contribution < -0.4 is 0 Å². The number of fused-ring (bicyclic) bond motifs is 1. The van der Waals surface area contributed by atoms with Gasteiger partial charge < -0.3 is 5.11 Å². The van der Waals surface area contributed by atoms with Crippen LogP contribution >= 0.6 is 0 Å². The van der Waals surface area contributed by atoms with Crippen molar-refractivity contribution in [3.63, 3.8) is 0 Å². The lowest BCUT2D eigenvalue weighted by molar-refractivity contribution is -0.138. The summed E-state index contributed by atoms with van der Waals surface area (Å²) < 4.78 is 0. The van der Waals surface area contributed by atoms with Gasteiger partial charge in [0.25, 0.3) is 0 Å². The third-order valence-electron chi connectivity index (χ3n) is 3.72. The molecule has 1 aliphatic rings. The van der Waals surface area contributed by atoms with Crippen molar-refractivity contribution in [1.82, 2.24) is 4.90 Å². The predicted octanol–water partition coefficient (Wildman–Crippen LogP) is 2.86. The summed E-state index contributed by atoms with van der Waals surface area (Å²) in [6, 6.07) is 6.67. The Bertz CT molecular complexity index is 442. The van der Waals surface area contributed by atoms with E-state index >= 15 is 0 Å². The summed E-state index contributed by atoms with van der Waals surface area (Å²) in [5.74, 6) is -0.744. The molecule has 0 bridgehead atoms. The Morgan fingerprint density at radius 3 is 2.68 bits per heavy atom. The van der Waals surface area contributed by atoms with E-state index in [1.165, 1.54) is 42.4 Å². The van der Waals surface area contributed by atoms with Gasteiger partial charge in [-0.25, -0.2) is 0 Å². The van der Waals surface area contributed by atoms with Gasteiger partial charge >= 0.3 is 5.97 Å². The molecule has 0 atom stereocenters. The molecule has 0 fully saturated rings. The normalized spacial score (nSPS) is 14.4. The monoisotopic (exact) mass is 261 g/mol. The molecular weight excluding hydrogens is 238 g/mol. The van der Waals surface area contributed by atoms with Gasteiger partial charge in [-0.15, -0.1) is 0 Å². The molecule has 0 aromatic heterocycles. The highest BCUT2D eigenvalue weighted by molar-refractivity contribution is 5.69. The summed E-state index contributed by atoms with van der Waals surface area (Å²) in [6.07, 6.45) is 5.94. The number of hydrogen-bond donors (Lipinski definition) is 1. The van der Waals surface area contributed by atoms with Crippen molar-refractivity contribution in [1.29, 1.82) is 0 Å². The van der Waals surface area contributed by atoms with Crippen LogP contribution in [0.2, 0.25) is 0 Å². The Hall–Kier alpha value is -1.35. The van der Waals surface area contributed by atoms with Gasteiger partial charge in [0.05, 0.1) is 6.54 Å². The number of nitrogens with zero attached hydrogens (tertiary/aromatic N) is 1. The fourth-order valence-corrected chi connectivity index (χ4v) is 2.86. The van der Waals surface area contributed by atoms with Gasteiger partial charge in [-0.05, 0) is 55.3 Å². The smallest absolute Gasteiger partial charge is 0.317 e. The topological polar surface area (TPSA) is 40.5 Å². The van der Waals surface area contributed by atoms with E-state index < -0.39 is 5.97 Å². The third-order valence-corrected chi connectivity index (χ3v) is 3.72. The van der Waals surface area contributed by atoms with Crippen LogP contribution in [0.1, 0.15) is 42.9 Å². The number of hydrogen-bond acceptors (Lipinski definition) is 2. The molecule has 19 heavy (non-hydrogen) atoms. The number of carbonyl (C=O) groups is 1. The van der Waals surface area contributed by atoms with Gasteiger partial charge in [-0.3, -0.25) is 9.69 Å². The van der Waals surface area contributed by atoms with Crippen LogP contribution in [0.3, 0.4) is 0 Å². The molecule has 1 aromatic rings. The molecule has 0 saturated carbocycles. The van der Waals surface area contributed by atoms with E-state index in [0.29, 0.717) is 0 Å². The molecule has 0 heterocycles. The average Bonchev–Trinajstić information content (AvgIpc) is 2.38. The maximum absolute atomic E-state index is 10.9. The highest BCUT2D eigenvalue weighted by Crippen LogP contribution is 2.22. The summed E-state index contributed by atoms with van der Waals surface area (Å²) in [6.45, 7) is 3.80. The molecule has 0 spiro atoms. The molecule has 2 rings (SSSR count). The van der Waals surface area contributed by atoms with Crippen LogP contribution in [-0.2, 0) is 24.2 Å². The van der Waals surface area contributed by atoms with Crippen LogP contribution in [0, 0.1) is 0 Å². The fourth-order valence-electron chi connectivity index (χ4n) is 2.86. The van der Waals surface area contributed by atoms with E-state index in [9.17, 15) is 4.79 Å². The minimum Gasteiger partial charge on any atom is -0.480 e. The first-order chi connectivity index (χ1) is 9.19. The van der Waals surface area contributed by atoms with Crippen LogP contribution in [0.25, 0.3) is 0 Å². The number of aryl methyl sites for hydroxylation is 2. The second kappa shape index (κ2) is 6.71. The quantitative estimate of drug-likeness (QED) is 0.856. The maximum atomic E-state index is 10.9. The standard InChI is InChI=1S/C16H23NO2/c1-2-9-17(12-16(18)19)11-13-7-8-14-5-3-4-6-15(14)10-13/h7-8,10H,2-6,9,11-12H2,1H3,(H,18,19). The molecular formula is C16H23NO2. The number of carboxylic acid groups (broad SMARTS) is 1. The van der Waals surface area contributed by atoms with E-state index in [4.69, 9.17) is 5.11 Å². The first-order valence-electron chi connectivity index (χ1n) is 7.24. The van der Waals surface area contributed by atoms with Crippen molar-refractivity contribution < 1.29 is 9.90 Å². The van der Waals surface area contributed by atoms with Gasteiger partial charge in [-0.2, -0.15) is 0 Å². The van der Waals surface area contributed by atoms with Gasteiger partial charge in [-0.1, -0.05) is 25.1 Å². The highest BCUT2D eigenvalue weighted by Gasteiger charge is 2.12. The second-order valence-corrected chi connectivity index (χ2v) is 5.41. The lowest BCUT2D eigenvalue weighted by Gasteiger charge is -2.21. The number of carboxylic acids is 1. The third kappa shape index (κ3) is 4.06. The van der Waals surface area contributed by atoms with Crippen molar-refractivity contribution in [2.75, 3.05) is 13.1 Å². The molecule has 0 amide bonds. The molecule has 3 nitrogen and oxygen atoms in total. The van der Waals surface area contributed by atoms with Crippen molar-refractivity contribution in [2.24, 2.45) is 0 Å². The summed E-state index contributed by atoms with van der Waals surface area (Å²) in [5.41, 5.74) is 4.20. The Labute approximate surface area is 115 Å². The summed E-state index contributed by atoms with van der Waals surface area (Å²) >= 11 is 0. The van der Waals surface area contributed by atoms with Crippen LogP contribution in [0.4, 0.5) is 0 Å². The molecule has 1 aromatic carbocycles. The van der Waals surface area contributed by atoms with E-state index in [1.54, 1.807) is 0 Å². The summed E-state index contributed by atoms with van der Waals surface area (Å²) in [5, 5.41) is 8.94. The lowest BCUT2D eigenvalue weighted by Crippen LogP contribution is -2.30. The van der Waals surface area contributed by atoms with Gasteiger partial charge in [0.1, 0.15) is 0 Å². The molecule has 0 saturated heterocycles. The van der Waals surface area contributed by atoms with E-state index in [0.717, 1.165) is 19.5 Å². The lowest BCUT2D eigenvalue weighted by atomic mass is 9.90. The maximum Gasteiger partial charge on any atom is 0.317 e. The molecule has 0 aliphatic heterocycles. The van der Waals surface area contributed by atoms with Crippen molar-refractivity contribution in [3.8, 4) is 0 Å². The average molecular weight is 261 g/mol. The zero-order valence-electron chi connectivity index (χ0n) is 11.7.